The molecular formula is C41H49N4O9P. The highest BCUT2D eigenvalue weighted by molar-refractivity contribution is 7.44. The monoisotopic (exact) mass is 772 g/mol. The molecule has 5 atom stereocenters. The quantitative estimate of drug-likeness (QED) is 0.0744. The zero-order valence-corrected chi connectivity index (χ0v) is 33.2. The van der Waals surface area contributed by atoms with Crippen LogP contribution in [0.4, 0.5) is 0 Å². The highest BCUT2D eigenvalue weighted by atomic mass is 31.2. The van der Waals surface area contributed by atoms with Crippen LogP contribution in [0.25, 0.3) is 0 Å². The first kappa shape index (κ1) is 40.3. The fourth-order valence-electron chi connectivity index (χ4n) is 7.35. The summed E-state index contributed by atoms with van der Waals surface area (Å²) >= 11 is 0. The summed E-state index contributed by atoms with van der Waals surface area (Å²) in [7, 11) is 1.48. The number of rotatable bonds is 17. The molecule has 2 fully saturated rings. The van der Waals surface area contributed by atoms with E-state index in [1.165, 1.54) is 10.8 Å². The van der Waals surface area contributed by atoms with Gasteiger partial charge in [0.05, 0.1) is 46.5 Å². The first-order chi connectivity index (χ1) is 26.5. The van der Waals surface area contributed by atoms with E-state index in [1.54, 1.807) is 21.1 Å². The predicted octanol–water partition coefficient (Wildman–Crippen LogP) is 6.20. The van der Waals surface area contributed by atoms with Crippen LogP contribution < -0.4 is 20.7 Å². The van der Waals surface area contributed by atoms with Crippen LogP contribution in [0.2, 0.25) is 0 Å². The summed E-state index contributed by atoms with van der Waals surface area (Å²) < 4.78 is 48.7. The van der Waals surface area contributed by atoms with Gasteiger partial charge >= 0.3 is 5.69 Å². The van der Waals surface area contributed by atoms with Gasteiger partial charge in [-0.3, -0.25) is 14.3 Å². The van der Waals surface area contributed by atoms with Crippen molar-refractivity contribution in [3.8, 4) is 17.6 Å². The Balaban J connectivity index is 1.49. The molecule has 13 nitrogen and oxygen atoms in total. The van der Waals surface area contributed by atoms with Crippen molar-refractivity contribution in [1.29, 1.82) is 5.26 Å². The molecule has 3 heterocycles. The minimum atomic E-state index is -1.77. The molecule has 55 heavy (non-hydrogen) atoms. The number of aromatic nitrogens is 2. The fourth-order valence-corrected chi connectivity index (χ4v) is 9.16. The number of aryl methyl sites for hydroxylation is 1. The summed E-state index contributed by atoms with van der Waals surface area (Å²) in [6.07, 6.45) is -0.901. The smallest absolute Gasteiger partial charge is 0.330 e. The van der Waals surface area contributed by atoms with Gasteiger partial charge in [-0.2, -0.15) is 5.26 Å². The normalized spacial score (nSPS) is 21.3. The van der Waals surface area contributed by atoms with Gasteiger partial charge in [-0.15, -0.1) is 0 Å². The molecule has 1 aromatic heterocycles. The van der Waals surface area contributed by atoms with Gasteiger partial charge in [0.1, 0.15) is 34.9 Å². The molecule has 4 aromatic rings. The SMILES string of the molecule is COc1ccc(C(OCC23COC(C(n4cc(C)c(=O)[nH]c4=O)O2)C3OP(OCCC#N)N(C(C)C)C(C)C)(c2ccccc2)c2ccc(OC)cc2)cc1. The second-order valence-corrected chi connectivity index (χ2v) is 15.6. The average molecular weight is 773 g/mol. The summed E-state index contributed by atoms with van der Waals surface area (Å²) in [4.78, 5) is 28.2. The summed E-state index contributed by atoms with van der Waals surface area (Å²) in [5.41, 5.74) is -0.751. The minimum Gasteiger partial charge on any atom is -0.497 e. The standard InChI is InChI=1S/C41H49N4O9P/c1-27(2)45(28(3)4)55(52-23-11-22-42)54-36-35-38(44-24-29(5)37(46)43-39(44)47)53-40(36,25-50-35)26-51-41(30-12-9-8-10-13-30,31-14-18-33(48-6)19-15-31)32-16-20-34(49-7)21-17-32/h8-10,12-21,24,27-28,35-36,38H,11,23,25-26H2,1-7H3,(H,43,46,47). The van der Waals surface area contributed by atoms with E-state index in [4.69, 9.17) is 32.7 Å². The number of methoxy groups -OCH3 is 2. The maximum Gasteiger partial charge on any atom is 0.330 e. The van der Waals surface area contributed by atoms with E-state index < -0.39 is 49.4 Å². The van der Waals surface area contributed by atoms with Crippen LogP contribution >= 0.6 is 8.53 Å². The number of nitrogens with one attached hydrogen (secondary N) is 1. The largest absolute Gasteiger partial charge is 0.497 e. The molecular weight excluding hydrogens is 723 g/mol. The van der Waals surface area contributed by atoms with Crippen LogP contribution in [0.3, 0.4) is 0 Å². The van der Waals surface area contributed by atoms with Crippen LogP contribution in [0.5, 0.6) is 11.5 Å². The van der Waals surface area contributed by atoms with Gasteiger partial charge < -0.3 is 32.7 Å². The third kappa shape index (κ3) is 8.00. The van der Waals surface area contributed by atoms with Gasteiger partial charge in [0.15, 0.2) is 6.23 Å². The number of benzene rings is 3. The maximum atomic E-state index is 13.3. The zero-order chi connectivity index (χ0) is 39.3. The lowest BCUT2D eigenvalue weighted by atomic mass is 9.79. The lowest BCUT2D eigenvalue weighted by Crippen LogP contribution is -2.49. The van der Waals surface area contributed by atoms with Gasteiger partial charge in [-0.05, 0) is 75.6 Å². The molecule has 2 aliphatic rings. The Morgan fingerprint density at radius 1 is 0.945 bits per heavy atom. The highest BCUT2D eigenvalue weighted by Gasteiger charge is 2.65. The number of hydrogen-bond acceptors (Lipinski definition) is 11. The minimum absolute atomic E-state index is 0.0254. The summed E-state index contributed by atoms with van der Waals surface area (Å²) in [6, 6.07) is 27.6. The van der Waals surface area contributed by atoms with Crippen LogP contribution in [-0.4, -0.2) is 78.2 Å². The molecule has 2 saturated heterocycles. The lowest BCUT2D eigenvalue weighted by Gasteiger charge is -2.41. The van der Waals surface area contributed by atoms with E-state index in [1.807, 2.05) is 78.9 Å². The molecule has 14 heteroatoms. The number of nitrogens with zero attached hydrogens (tertiary/aromatic N) is 3. The van der Waals surface area contributed by atoms with Crippen LogP contribution in [0, 0.1) is 18.3 Å². The summed E-state index contributed by atoms with van der Waals surface area (Å²) in [5.74, 6) is 1.38. The third-order valence-electron chi connectivity index (χ3n) is 9.97. The Morgan fingerprint density at radius 2 is 1.53 bits per heavy atom. The van der Waals surface area contributed by atoms with Crippen LogP contribution in [0.1, 0.15) is 62.6 Å². The van der Waals surface area contributed by atoms with Crippen molar-refractivity contribution in [2.24, 2.45) is 0 Å². The number of nitriles is 1. The molecule has 3 aromatic carbocycles. The molecule has 0 spiro atoms. The number of ether oxygens (including phenoxy) is 5. The van der Waals surface area contributed by atoms with Crippen molar-refractivity contribution in [1.82, 2.24) is 14.2 Å². The van der Waals surface area contributed by atoms with E-state index in [2.05, 4.69) is 43.4 Å². The van der Waals surface area contributed by atoms with E-state index in [-0.39, 0.29) is 38.3 Å². The van der Waals surface area contributed by atoms with Crippen molar-refractivity contribution >= 4 is 8.53 Å². The van der Waals surface area contributed by atoms with Crippen molar-refractivity contribution in [3.05, 3.63) is 128 Å². The number of H-pyrrole nitrogens is 1. The van der Waals surface area contributed by atoms with Crippen molar-refractivity contribution in [2.45, 2.75) is 82.8 Å². The molecule has 6 rings (SSSR count). The summed E-state index contributed by atoms with van der Waals surface area (Å²) in [6.45, 7) is 10.1. The fraction of sp³-hybridized carbons (Fsp3) is 0.439. The molecule has 2 bridgehead atoms. The molecule has 2 aliphatic heterocycles. The molecule has 0 amide bonds. The number of aromatic amines is 1. The Morgan fingerprint density at radius 3 is 2.07 bits per heavy atom. The highest BCUT2D eigenvalue weighted by Crippen LogP contribution is 2.56. The van der Waals surface area contributed by atoms with E-state index in [9.17, 15) is 14.9 Å². The second kappa shape index (κ2) is 17.2. The zero-order valence-electron chi connectivity index (χ0n) is 32.3. The van der Waals surface area contributed by atoms with Gasteiger partial charge in [-0.1, -0.05) is 54.6 Å². The van der Waals surface area contributed by atoms with Gasteiger partial charge in [-0.25, -0.2) is 9.46 Å². The summed E-state index contributed by atoms with van der Waals surface area (Å²) in [5, 5.41) is 9.37. The van der Waals surface area contributed by atoms with E-state index in [0.717, 1.165) is 16.7 Å². The van der Waals surface area contributed by atoms with Crippen LogP contribution in [0.15, 0.2) is 94.6 Å². The first-order valence-electron chi connectivity index (χ1n) is 18.3. The number of fused-ring (bicyclic) bond motifs is 2. The first-order valence-corrected chi connectivity index (χ1v) is 19.5. The van der Waals surface area contributed by atoms with E-state index >= 15 is 0 Å². The molecule has 292 valence electrons. The lowest BCUT2D eigenvalue weighted by molar-refractivity contribution is -0.203. The Hall–Kier alpha value is -4.38. The van der Waals surface area contributed by atoms with Crippen LogP contribution in [-0.2, 0) is 28.9 Å². The van der Waals surface area contributed by atoms with Gasteiger partial charge in [0, 0.05) is 23.8 Å². The van der Waals surface area contributed by atoms with Gasteiger partial charge in [0.25, 0.3) is 14.1 Å². The van der Waals surface area contributed by atoms with Crippen molar-refractivity contribution < 1.29 is 32.7 Å². The Kier molecular flexibility index (Phi) is 12.6. The van der Waals surface area contributed by atoms with Crippen molar-refractivity contribution in [3.63, 3.8) is 0 Å². The average Bonchev–Trinajstić information content (AvgIpc) is 3.68. The van der Waals surface area contributed by atoms with Gasteiger partial charge in [0.2, 0.25) is 0 Å². The van der Waals surface area contributed by atoms with Crippen molar-refractivity contribution in [2.75, 3.05) is 34.0 Å². The maximum absolute atomic E-state index is 13.3. The Bertz CT molecular complexity index is 1990. The third-order valence-corrected chi connectivity index (χ3v) is 12.1. The molecule has 5 unspecified atom stereocenters. The molecule has 0 saturated carbocycles. The molecule has 1 N–H and O–H groups in total. The van der Waals surface area contributed by atoms with E-state index in [0.29, 0.717) is 17.1 Å². The topological polar surface area (TPSA) is 147 Å². The number of hydrogen-bond donors (Lipinski definition) is 1. The second-order valence-electron chi connectivity index (χ2n) is 14.2. The Labute approximate surface area is 322 Å². The predicted molar refractivity (Wildman–Crippen MR) is 207 cm³/mol. The molecule has 0 aliphatic carbocycles. The molecule has 0 radical (unpaired) electrons.